The number of aliphatic carboxylic acids is 1. The Kier molecular flexibility index (Phi) is 76.2. The number of carboxylic acid groups (broad SMARTS) is 1. The van der Waals surface area contributed by atoms with Crippen molar-refractivity contribution < 1.29 is 42.9 Å². The predicted octanol–water partition coefficient (Wildman–Crippen LogP) is 25.5. The van der Waals surface area contributed by atoms with Crippen LogP contribution in [-0.2, 0) is 33.3 Å². The van der Waals surface area contributed by atoms with E-state index in [-0.39, 0.29) is 38.6 Å². The van der Waals surface area contributed by atoms with Gasteiger partial charge in [-0.2, -0.15) is 0 Å². The second kappa shape index (κ2) is 81.3. The molecule has 0 aliphatic heterocycles. The first-order valence-electron chi connectivity index (χ1n) is 40.9. The van der Waals surface area contributed by atoms with E-state index in [1.807, 2.05) is 21.1 Å². The zero-order valence-corrected chi connectivity index (χ0v) is 66.1. The molecule has 0 spiro atoms. The van der Waals surface area contributed by atoms with Gasteiger partial charge in [0.2, 0.25) is 0 Å². The number of nitrogens with zero attached hydrogens (tertiary/aromatic N) is 1. The van der Waals surface area contributed by atoms with Gasteiger partial charge in [-0.1, -0.05) is 348 Å². The molecule has 2 unspecified atom stereocenters. The number of likely N-dealkylation sites (N-methyl/N-ethyl adjacent to an activating group) is 1. The van der Waals surface area contributed by atoms with E-state index < -0.39 is 24.3 Å². The van der Waals surface area contributed by atoms with Gasteiger partial charge >= 0.3 is 11.9 Å². The van der Waals surface area contributed by atoms with E-state index in [2.05, 4.69) is 233 Å². The fourth-order valence-corrected chi connectivity index (χ4v) is 10.6. The van der Waals surface area contributed by atoms with Crippen LogP contribution in [0.2, 0.25) is 0 Å². The molecule has 9 nitrogen and oxygen atoms in total. The second-order valence-electron chi connectivity index (χ2n) is 27.6. The van der Waals surface area contributed by atoms with Crippen LogP contribution in [0, 0.1) is 0 Å². The molecule has 0 fully saturated rings. The minimum absolute atomic E-state index is 0.137. The van der Waals surface area contributed by atoms with E-state index in [1.165, 1.54) is 96.3 Å². The summed E-state index contributed by atoms with van der Waals surface area (Å²) in [4.78, 5) is 37.6. The first kappa shape index (κ1) is 96.6. The molecule has 0 amide bonds. The summed E-state index contributed by atoms with van der Waals surface area (Å²) in [6.45, 7) is 4.50. The lowest BCUT2D eigenvalue weighted by atomic mass is 10.0. The standard InChI is InChI=1S/C94H149NO8/c1-6-8-10-12-14-16-18-20-22-24-26-28-30-32-34-36-38-40-42-44-45-46-47-49-51-53-55-57-59-61-63-65-67-69-71-73-75-77-79-81-83-85-92(97)103-90(89-102-94(93(98)99)100-87-86-95(3,4)5)88-101-91(96)84-82-80-78-76-74-72-70-68-66-64-62-60-58-56-54-52-50-48-43-41-39-37-35-33-31-29-27-25-23-21-19-17-15-13-11-9-7-2/h8-11,14-17,20-23,26-29,32-35,38-41,44-45,47-50,53-56,59,61,90,94H,6-7,12-13,18-19,24-25,30-31,36-37,42-43,46,51-52,57-58,60,62-89H2,1-5H3/b10-8-,11-9-,16-14-,17-15-,22-20-,23-21-,28-26-,29-27-,34-32-,35-33-,40-38-,41-39-,45-44-,49-47-,50-48-,55-53-,56-54-,61-59-. The largest absolute Gasteiger partial charge is 0.545 e. The van der Waals surface area contributed by atoms with Gasteiger partial charge in [0.15, 0.2) is 12.4 Å². The van der Waals surface area contributed by atoms with Gasteiger partial charge in [0.25, 0.3) is 0 Å². The average Bonchev–Trinajstić information content (AvgIpc) is 1.01. The van der Waals surface area contributed by atoms with Gasteiger partial charge in [0, 0.05) is 12.8 Å². The average molecular weight is 1420 g/mol. The van der Waals surface area contributed by atoms with Crippen molar-refractivity contribution in [3.63, 3.8) is 0 Å². The summed E-state index contributed by atoms with van der Waals surface area (Å²) in [6.07, 6.45) is 125. The topological polar surface area (TPSA) is 111 Å². The number of carboxylic acids is 1. The Hall–Kier alpha value is -6.39. The van der Waals surface area contributed by atoms with Gasteiger partial charge in [-0.05, 0) is 154 Å². The van der Waals surface area contributed by atoms with Crippen LogP contribution in [-0.4, -0.2) is 82.3 Å². The van der Waals surface area contributed by atoms with Crippen LogP contribution in [0.25, 0.3) is 0 Å². The van der Waals surface area contributed by atoms with E-state index in [0.29, 0.717) is 17.4 Å². The molecule has 0 aromatic rings. The number of unbranched alkanes of at least 4 members (excludes halogenated alkanes) is 22. The third kappa shape index (κ3) is 82.8. The normalized spacial score (nSPS) is 13.8. The SMILES string of the molecule is CC/C=C\C/C=C\C/C=C\C/C=C\C/C=C\C/C=C\C/C=C\C/C=C\C/C=C\C/C=C\CCCCCCCCCCCCC(=O)OC(COC(=O)CCCCCCCCCCCCCC/C=C\C/C=C\C/C=C\C/C=C\C/C=C\C/C=C\C/C=C\C/C=C\CC)COC(OCC[N+](C)(C)C)C(=O)[O-]. The molecule has 0 rings (SSSR count). The Labute approximate surface area is 632 Å². The highest BCUT2D eigenvalue weighted by molar-refractivity contribution is 5.70. The number of esters is 2. The van der Waals surface area contributed by atoms with E-state index in [1.54, 1.807) is 0 Å². The van der Waals surface area contributed by atoms with E-state index in [4.69, 9.17) is 18.9 Å². The highest BCUT2D eigenvalue weighted by Crippen LogP contribution is 2.17. The molecule has 0 heterocycles. The van der Waals surface area contributed by atoms with Gasteiger partial charge in [-0.3, -0.25) is 9.59 Å². The summed E-state index contributed by atoms with van der Waals surface area (Å²) in [5.74, 6) is -2.30. The molecule has 0 aromatic heterocycles. The highest BCUT2D eigenvalue weighted by Gasteiger charge is 2.22. The number of hydrogen-bond acceptors (Lipinski definition) is 8. The monoisotopic (exact) mass is 1420 g/mol. The Morgan fingerprint density at radius 3 is 0.777 bits per heavy atom. The Morgan fingerprint density at radius 1 is 0.291 bits per heavy atom. The summed E-state index contributed by atoms with van der Waals surface area (Å²) in [6, 6.07) is 0. The summed E-state index contributed by atoms with van der Waals surface area (Å²) in [5.41, 5.74) is 0. The van der Waals surface area contributed by atoms with E-state index in [9.17, 15) is 19.5 Å². The molecule has 0 aromatic carbocycles. The van der Waals surface area contributed by atoms with Crippen molar-refractivity contribution in [2.45, 2.75) is 309 Å². The number of carbonyl (C=O) groups is 3. The fourth-order valence-electron chi connectivity index (χ4n) is 10.6. The first-order chi connectivity index (χ1) is 50.6. The van der Waals surface area contributed by atoms with E-state index in [0.717, 1.165) is 167 Å². The van der Waals surface area contributed by atoms with Crippen molar-refractivity contribution in [2.75, 3.05) is 47.5 Å². The molecule has 0 aliphatic carbocycles. The third-order valence-corrected chi connectivity index (χ3v) is 16.7. The van der Waals surface area contributed by atoms with Gasteiger partial charge in [-0.15, -0.1) is 0 Å². The van der Waals surface area contributed by atoms with Crippen molar-refractivity contribution in [3.05, 3.63) is 219 Å². The van der Waals surface area contributed by atoms with Gasteiger partial charge in [-0.25, -0.2) is 0 Å². The maximum absolute atomic E-state index is 13.0. The van der Waals surface area contributed by atoms with Gasteiger partial charge < -0.3 is 33.3 Å². The predicted molar refractivity (Wildman–Crippen MR) is 443 cm³/mol. The third-order valence-electron chi connectivity index (χ3n) is 16.7. The molecule has 9 heteroatoms. The zero-order chi connectivity index (χ0) is 74.6. The Balaban J connectivity index is 4.13. The van der Waals surface area contributed by atoms with Crippen LogP contribution in [0.5, 0.6) is 0 Å². The minimum atomic E-state index is -1.64. The summed E-state index contributed by atoms with van der Waals surface area (Å²) in [7, 11) is 5.92. The lowest BCUT2D eigenvalue weighted by molar-refractivity contribution is -0.870. The molecule has 578 valence electrons. The molecule has 0 saturated heterocycles. The second-order valence-corrected chi connectivity index (χ2v) is 27.6. The minimum Gasteiger partial charge on any atom is -0.545 e. The van der Waals surface area contributed by atoms with Crippen molar-refractivity contribution >= 4 is 17.9 Å². The molecule has 103 heavy (non-hydrogen) atoms. The summed E-state index contributed by atoms with van der Waals surface area (Å²) in [5, 5.41) is 11.9. The zero-order valence-electron chi connectivity index (χ0n) is 66.1. The smallest absolute Gasteiger partial charge is 0.306 e. The molecule has 0 bridgehead atoms. The van der Waals surface area contributed by atoms with Crippen LogP contribution >= 0.6 is 0 Å². The number of rotatable bonds is 73. The number of hydrogen-bond donors (Lipinski definition) is 0. The lowest BCUT2D eigenvalue weighted by Gasteiger charge is -2.26. The van der Waals surface area contributed by atoms with Crippen LogP contribution in [0.4, 0.5) is 0 Å². The molecule has 0 N–H and O–H groups in total. The number of carbonyl (C=O) groups excluding carboxylic acids is 3. The van der Waals surface area contributed by atoms with Crippen LogP contribution in [0.3, 0.4) is 0 Å². The molecular formula is C94H149NO8. The van der Waals surface area contributed by atoms with Crippen molar-refractivity contribution in [1.82, 2.24) is 0 Å². The van der Waals surface area contributed by atoms with Crippen LogP contribution in [0.15, 0.2) is 219 Å². The Morgan fingerprint density at radius 2 is 0.524 bits per heavy atom. The van der Waals surface area contributed by atoms with Crippen LogP contribution in [0.1, 0.15) is 296 Å². The highest BCUT2D eigenvalue weighted by atomic mass is 16.7. The maximum atomic E-state index is 13.0. The number of allylic oxidation sites excluding steroid dienone is 36. The molecule has 0 aliphatic rings. The number of ether oxygens (including phenoxy) is 4. The van der Waals surface area contributed by atoms with Gasteiger partial charge in [0.1, 0.15) is 13.2 Å². The molecule has 0 saturated carbocycles. The van der Waals surface area contributed by atoms with Gasteiger partial charge in [0.05, 0.1) is 40.3 Å². The molecule has 2 atom stereocenters. The maximum Gasteiger partial charge on any atom is 0.306 e. The molecule has 0 radical (unpaired) electrons. The lowest BCUT2D eigenvalue weighted by Crippen LogP contribution is -2.44. The van der Waals surface area contributed by atoms with Crippen molar-refractivity contribution in [2.24, 2.45) is 0 Å². The van der Waals surface area contributed by atoms with E-state index >= 15 is 0 Å². The van der Waals surface area contributed by atoms with Crippen molar-refractivity contribution in [3.8, 4) is 0 Å². The molecular weight excluding hydrogens is 1270 g/mol. The summed E-state index contributed by atoms with van der Waals surface area (Å²) < 4.78 is 22.8. The van der Waals surface area contributed by atoms with Crippen molar-refractivity contribution in [1.29, 1.82) is 0 Å². The van der Waals surface area contributed by atoms with Crippen LogP contribution < -0.4 is 5.11 Å². The quantitative estimate of drug-likeness (QED) is 0.0195. The Bertz CT molecular complexity index is 2510. The fraction of sp³-hybridized carbons (Fsp3) is 0.585. The first-order valence-corrected chi connectivity index (χ1v) is 40.9. The summed E-state index contributed by atoms with van der Waals surface area (Å²) >= 11 is 0. The number of quaternary nitrogens is 1.